The summed E-state index contributed by atoms with van der Waals surface area (Å²) in [7, 11) is 4.57. The van der Waals surface area contributed by atoms with Crippen LogP contribution in [0.2, 0.25) is 0 Å². The molecule has 1 saturated carbocycles. The Hall–Kier alpha value is -0.120. The summed E-state index contributed by atoms with van der Waals surface area (Å²) < 4.78 is 0. The van der Waals surface area contributed by atoms with Crippen molar-refractivity contribution >= 4 is 0 Å². The van der Waals surface area contributed by atoms with E-state index in [2.05, 4.69) is 29.2 Å². The highest BCUT2D eigenvalue weighted by Gasteiger charge is 2.36. The summed E-state index contributed by atoms with van der Waals surface area (Å²) in [6.07, 6.45) is 12.7. The third-order valence-corrected chi connectivity index (χ3v) is 6.27. The highest BCUT2D eigenvalue weighted by molar-refractivity contribution is 4.95. The molecular weight excluding hydrogens is 246 g/mol. The minimum Gasteiger partial charge on any atom is -0.312 e. The maximum Gasteiger partial charge on any atom is 0.0327 e. The van der Waals surface area contributed by atoms with Crippen LogP contribution in [0.5, 0.6) is 0 Å². The molecule has 0 aromatic rings. The van der Waals surface area contributed by atoms with Crippen LogP contribution in [0.4, 0.5) is 0 Å². The summed E-state index contributed by atoms with van der Waals surface area (Å²) in [6.45, 7) is 3.90. The Labute approximate surface area is 125 Å². The Kier molecular flexibility index (Phi) is 4.68. The summed E-state index contributed by atoms with van der Waals surface area (Å²) in [6, 6.07) is 1.66. The molecule has 0 bridgehead atoms. The molecule has 1 aliphatic carbocycles. The van der Waals surface area contributed by atoms with E-state index in [0.29, 0.717) is 5.54 Å². The van der Waals surface area contributed by atoms with Crippen molar-refractivity contribution in [1.82, 2.24) is 15.1 Å². The van der Waals surface area contributed by atoms with Crippen LogP contribution in [0.3, 0.4) is 0 Å². The van der Waals surface area contributed by atoms with Crippen molar-refractivity contribution in [3.63, 3.8) is 0 Å². The van der Waals surface area contributed by atoms with Gasteiger partial charge in [-0.15, -0.1) is 0 Å². The molecule has 2 saturated heterocycles. The molecule has 2 heterocycles. The average molecular weight is 279 g/mol. The van der Waals surface area contributed by atoms with Gasteiger partial charge in [0.1, 0.15) is 0 Å². The van der Waals surface area contributed by atoms with Gasteiger partial charge in [-0.1, -0.05) is 19.3 Å². The highest BCUT2D eigenvalue weighted by atomic mass is 15.2. The van der Waals surface area contributed by atoms with Gasteiger partial charge in [0.2, 0.25) is 0 Å². The second-order valence-electron chi connectivity index (χ2n) is 7.61. The molecule has 0 radical (unpaired) electrons. The van der Waals surface area contributed by atoms with Gasteiger partial charge in [-0.25, -0.2) is 0 Å². The molecule has 116 valence electrons. The van der Waals surface area contributed by atoms with Crippen LogP contribution < -0.4 is 5.32 Å². The van der Waals surface area contributed by atoms with Crippen molar-refractivity contribution < 1.29 is 0 Å². The minimum absolute atomic E-state index is 0.436. The zero-order valence-corrected chi connectivity index (χ0v) is 13.5. The van der Waals surface area contributed by atoms with E-state index in [0.717, 1.165) is 12.1 Å². The van der Waals surface area contributed by atoms with Crippen LogP contribution in [-0.4, -0.2) is 61.2 Å². The SMILES string of the molecule is CN(C)C1(CNC2CCN3CCCC3C2)CCCCC1. The number of rotatable bonds is 4. The Morgan fingerprint density at radius 1 is 1.05 bits per heavy atom. The zero-order chi connectivity index (χ0) is 14.0. The fraction of sp³-hybridized carbons (Fsp3) is 1.00. The smallest absolute Gasteiger partial charge is 0.0327 e. The van der Waals surface area contributed by atoms with Crippen molar-refractivity contribution in [2.45, 2.75) is 75.4 Å². The lowest BCUT2D eigenvalue weighted by Gasteiger charge is -2.45. The largest absolute Gasteiger partial charge is 0.312 e. The molecule has 3 heteroatoms. The molecule has 2 aliphatic heterocycles. The van der Waals surface area contributed by atoms with E-state index >= 15 is 0 Å². The quantitative estimate of drug-likeness (QED) is 0.853. The molecule has 1 N–H and O–H groups in total. The fourth-order valence-electron chi connectivity index (χ4n) is 4.74. The maximum atomic E-state index is 3.96. The first-order valence-corrected chi connectivity index (χ1v) is 8.84. The molecule has 2 unspecified atom stereocenters. The number of nitrogens with one attached hydrogen (secondary N) is 1. The van der Waals surface area contributed by atoms with Gasteiger partial charge in [0.15, 0.2) is 0 Å². The number of piperidine rings is 1. The van der Waals surface area contributed by atoms with Crippen LogP contribution in [0.15, 0.2) is 0 Å². The minimum atomic E-state index is 0.436. The molecule has 0 aromatic heterocycles. The lowest BCUT2D eigenvalue weighted by molar-refractivity contribution is 0.0862. The van der Waals surface area contributed by atoms with Crippen LogP contribution in [0, 0.1) is 0 Å². The fourth-order valence-corrected chi connectivity index (χ4v) is 4.74. The first kappa shape index (κ1) is 14.8. The Balaban J connectivity index is 1.52. The monoisotopic (exact) mass is 279 g/mol. The maximum absolute atomic E-state index is 3.96. The van der Waals surface area contributed by atoms with Crippen LogP contribution in [-0.2, 0) is 0 Å². The van der Waals surface area contributed by atoms with Crippen LogP contribution >= 0.6 is 0 Å². The van der Waals surface area contributed by atoms with E-state index in [1.807, 2.05) is 0 Å². The van der Waals surface area contributed by atoms with Gasteiger partial charge in [-0.2, -0.15) is 0 Å². The van der Waals surface area contributed by atoms with E-state index in [1.165, 1.54) is 77.4 Å². The third-order valence-electron chi connectivity index (χ3n) is 6.27. The first-order chi connectivity index (χ1) is 9.70. The van der Waals surface area contributed by atoms with E-state index in [9.17, 15) is 0 Å². The van der Waals surface area contributed by atoms with Crippen molar-refractivity contribution in [3.05, 3.63) is 0 Å². The number of nitrogens with zero attached hydrogens (tertiary/aromatic N) is 2. The van der Waals surface area contributed by atoms with E-state index < -0.39 is 0 Å². The van der Waals surface area contributed by atoms with Gasteiger partial charge < -0.3 is 15.1 Å². The Morgan fingerprint density at radius 3 is 2.60 bits per heavy atom. The molecule has 0 amide bonds. The van der Waals surface area contributed by atoms with Crippen molar-refractivity contribution in [1.29, 1.82) is 0 Å². The second-order valence-corrected chi connectivity index (χ2v) is 7.61. The molecule has 0 aromatic carbocycles. The van der Waals surface area contributed by atoms with Crippen molar-refractivity contribution in [3.8, 4) is 0 Å². The molecule has 3 rings (SSSR count). The molecular formula is C17H33N3. The normalized spacial score (nSPS) is 34.4. The van der Waals surface area contributed by atoms with Gasteiger partial charge >= 0.3 is 0 Å². The number of hydrogen-bond donors (Lipinski definition) is 1. The summed E-state index contributed by atoms with van der Waals surface area (Å²) in [5.74, 6) is 0. The number of fused-ring (bicyclic) bond motifs is 1. The van der Waals surface area contributed by atoms with Crippen molar-refractivity contribution in [2.75, 3.05) is 33.7 Å². The second kappa shape index (κ2) is 6.33. The summed E-state index contributed by atoms with van der Waals surface area (Å²) in [5, 5.41) is 3.96. The highest BCUT2D eigenvalue weighted by Crippen LogP contribution is 2.32. The zero-order valence-electron chi connectivity index (χ0n) is 13.5. The molecule has 3 fully saturated rings. The molecule has 3 nitrogen and oxygen atoms in total. The van der Waals surface area contributed by atoms with Crippen LogP contribution in [0.1, 0.15) is 57.8 Å². The summed E-state index contributed by atoms with van der Waals surface area (Å²) in [5.41, 5.74) is 0.436. The number of hydrogen-bond acceptors (Lipinski definition) is 3. The number of likely N-dealkylation sites (N-methyl/N-ethyl adjacent to an activating group) is 1. The third kappa shape index (κ3) is 3.05. The summed E-state index contributed by atoms with van der Waals surface area (Å²) in [4.78, 5) is 5.23. The van der Waals surface area contributed by atoms with Gasteiger partial charge in [0, 0.05) is 24.2 Å². The van der Waals surface area contributed by atoms with E-state index in [-0.39, 0.29) is 0 Å². The first-order valence-electron chi connectivity index (χ1n) is 8.84. The lowest BCUT2D eigenvalue weighted by Crippen LogP contribution is -2.56. The van der Waals surface area contributed by atoms with Crippen LogP contribution in [0.25, 0.3) is 0 Å². The van der Waals surface area contributed by atoms with E-state index in [1.54, 1.807) is 0 Å². The standard InChI is InChI=1S/C17H33N3/c1-19(2)17(9-4-3-5-10-17)14-18-15-8-12-20-11-6-7-16(20)13-15/h15-16,18H,3-14H2,1-2H3. The Bertz CT molecular complexity index is 309. The molecule has 3 aliphatic rings. The van der Waals surface area contributed by atoms with Gasteiger partial charge in [-0.3, -0.25) is 0 Å². The molecule has 2 atom stereocenters. The lowest BCUT2D eigenvalue weighted by atomic mass is 9.80. The molecule has 20 heavy (non-hydrogen) atoms. The predicted octanol–water partition coefficient (Wildman–Crippen LogP) is 2.47. The Morgan fingerprint density at radius 2 is 1.85 bits per heavy atom. The molecule has 0 spiro atoms. The van der Waals surface area contributed by atoms with Gasteiger partial charge in [0.25, 0.3) is 0 Å². The topological polar surface area (TPSA) is 18.5 Å². The van der Waals surface area contributed by atoms with Gasteiger partial charge in [-0.05, 0) is 65.7 Å². The van der Waals surface area contributed by atoms with Crippen molar-refractivity contribution in [2.24, 2.45) is 0 Å². The van der Waals surface area contributed by atoms with Gasteiger partial charge in [0.05, 0.1) is 0 Å². The average Bonchev–Trinajstić information content (AvgIpc) is 2.93. The predicted molar refractivity (Wildman–Crippen MR) is 85.1 cm³/mol. The van der Waals surface area contributed by atoms with E-state index in [4.69, 9.17) is 0 Å². The summed E-state index contributed by atoms with van der Waals surface area (Å²) >= 11 is 0.